The number of carbonyl (C=O) groups is 3. The predicted molar refractivity (Wildman–Crippen MR) is 90.4 cm³/mol. The van der Waals surface area contributed by atoms with Gasteiger partial charge in [-0.05, 0) is 30.9 Å². The highest BCUT2D eigenvalue weighted by atomic mass is 16.5. The summed E-state index contributed by atoms with van der Waals surface area (Å²) in [5.41, 5.74) is 7.04. The summed E-state index contributed by atoms with van der Waals surface area (Å²) < 4.78 is 5.03. The minimum Gasteiger partial charge on any atom is -0.452 e. The molecule has 6 heteroatoms. The van der Waals surface area contributed by atoms with Gasteiger partial charge >= 0.3 is 5.97 Å². The Morgan fingerprint density at radius 1 is 1.33 bits per heavy atom. The van der Waals surface area contributed by atoms with Crippen molar-refractivity contribution < 1.29 is 19.1 Å². The van der Waals surface area contributed by atoms with Gasteiger partial charge in [0, 0.05) is 18.7 Å². The van der Waals surface area contributed by atoms with Crippen molar-refractivity contribution in [3.8, 4) is 0 Å². The van der Waals surface area contributed by atoms with Gasteiger partial charge in [-0.25, -0.2) is 0 Å². The summed E-state index contributed by atoms with van der Waals surface area (Å²) in [4.78, 5) is 37.2. The van der Waals surface area contributed by atoms with Crippen LogP contribution in [0.3, 0.4) is 0 Å². The van der Waals surface area contributed by atoms with Crippen molar-refractivity contribution >= 4 is 23.5 Å². The molecule has 0 aliphatic carbocycles. The van der Waals surface area contributed by atoms with Crippen molar-refractivity contribution in [3.05, 3.63) is 29.8 Å². The van der Waals surface area contributed by atoms with Crippen molar-refractivity contribution in [1.82, 2.24) is 0 Å². The molecule has 1 aromatic carbocycles. The number of rotatable bonds is 6. The number of amides is 2. The molecule has 1 aliphatic heterocycles. The van der Waals surface area contributed by atoms with Gasteiger partial charge in [-0.1, -0.05) is 32.0 Å². The van der Waals surface area contributed by atoms with Crippen LogP contribution in [0.5, 0.6) is 0 Å². The molecular formula is C18H24N2O4. The van der Waals surface area contributed by atoms with E-state index in [1.165, 1.54) is 6.92 Å². The van der Waals surface area contributed by atoms with E-state index in [9.17, 15) is 14.4 Å². The number of benzene rings is 1. The lowest BCUT2D eigenvalue weighted by Gasteiger charge is -2.23. The average Bonchev–Trinajstić information content (AvgIpc) is 2.95. The maximum Gasteiger partial charge on any atom is 0.312 e. The van der Waals surface area contributed by atoms with Crippen LogP contribution in [-0.2, 0) is 19.1 Å². The van der Waals surface area contributed by atoms with E-state index in [2.05, 4.69) is 13.8 Å². The topological polar surface area (TPSA) is 89.7 Å². The maximum atomic E-state index is 12.4. The molecule has 0 bridgehead atoms. The zero-order valence-electron chi connectivity index (χ0n) is 14.3. The fraction of sp³-hybridized carbons (Fsp3) is 0.500. The summed E-state index contributed by atoms with van der Waals surface area (Å²) in [7, 11) is 0. The van der Waals surface area contributed by atoms with E-state index in [1.54, 1.807) is 4.90 Å². The second-order valence-electron chi connectivity index (χ2n) is 6.25. The number of para-hydroxylation sites is 1. The molecule has 2 N–H and O–H groups in total. The van der Waals surface area contributed by atoms with Gasteiger partial charge in [-0.3, -0.25) is 14.4 Å². The summed E-state index contributed by atoms with van der Waals surface area (Å²) in [6.45, 7) is 5.89. The third-order valence-corrected chi connectivity index (χ3v) is 4.52. The van der Waals surface area contributed by atoms with E-state index in [4.69, 9.17) is 10.5 Å². The second-order valence-corrected chi connectivity index (χ2v) is 6.25. The van der Waals surface area contributed by atoms with Crippen molar-refractivity contribution in [2.24, 2.45) is 11.7 Å². The van der Waals surface area contributed by atoms with Gasteiger partial charge in [0.15, 0.2) is 6.10 Å². The molecule has 2 amide bonds. The smallest absolute Gasteiger partial charge is 0.312 e. The molecule has 130 valence electrons. The minimum absolute atomic E-state index is 0.0825. The Morgan fingerprint density at radius 3 is 2.62 bits per heavy atom. The minimum atomic E-state index is -0.992. The van der Waals surface area contributed by atoms with Gasteiger partial charge in [-0.2, -0.15) is 0 Å². The number of carbonyl (C=O) groups excluding carboxylic acids is 3. The van der Waals surface area contributed by atoms with Crippen molar-refractivity contribution in [1.29, 1.82) is 0 Å². The summed E-state index contributed by atoms with van der Waals surface area (Å²) >= 11 is 0. The van der Waals surface area contributed by atoms with Crippen LogP contribution in [0.15, 0.2) is 24.3 Å². The number of anilines is 1. The van der Waals surface area contributed by atoms with Crippen molar-refractivity contribution in [2.75, 3.05) is 11.4 Å². The highest BCUT2D eigenvalue weighted by Gasteiger charge is 2.38. The molecule has 1 heterocycles. The van der Waals surface area contributed by atoms with E-state index < -0.39 is 23.9 Å². The highest BCUT2D eigenvalue weighted by molar-refractivity contribution is 6.00. The zero-order chi connectivity index (χ0) is 17.9. The summed E-state index contributed by atoms with van der Waals surface area (Å²) in [5, 5.41) is 0. The Bertz CT molecular complexity index is 644. The molecule has 3 atom stereocenters. The van der Waals surface area contributed by atoms with Gasteiger partial charge in [0.05, 0.1) is 5.92 Å². The molecule has 24 heavy (non-hydrogen) atoms. The van der Waals surface area contributed by atoms with Gasteiger partial charge in [-0.15, -0.1) is 0 Å². The van der Waals surface area contributed by atoms with Crippen LogP contribution in [0.25, 0.3) is 0 Å². The van der Waals surface area contributed by atoms with Crippen LogP contribution in [-0.4, -0.2) is 30.4 Å². The van der Waals surface area contributed by atoms with Crippen molar-refractivity contribution in [3.63, 3.8) is 0 Å². The highest BCUT2D eigenvalue weighted by Crippen LogP contribution is 2.33. The number of ether oxygens (including phenoxy) is 1. The van der Waals surface area contributed by atoms with Gasteiger partial charge in [0.2, 0.25) is 5.91 Å². The van der Waals surface area contributed by atoms with Crippen LogP contribution < -0.4 is 10.6 Å². The molecule has 6 nitrogen and oxygen atoms in total. The zero-order valence-corrected chi connectivity index (χ0v) is 14.3. The van der Waals surface area contributed by atoms with Crippen LogP contribution in [0.4, 0.5) is 5.69 Å². The Kier molecular flexibility index (Phi) is 5.59. The maximum absolute atomic E-state index is 12.4. The molecule has 1 aliphatic rings. The van der Waals surface area contributed by atoms with Crippen LogP contribution in [0, 0.1) is 5.92 Å². The molecule has 1 saturated heterocycles. The molecule has 0 spiro atoms. The number of primary amides is 1. The molecule has 0 unspecified atom stereocenters. The van der Waals surface area contributed by atoms with Gasteiger partial charge in [0.1, 0.15) is 0 Å². The predicted octanol–water partition coefficient (Wildman–Crippen LogP) is 1.97. The lowest BCUT2D eigenvalue weighted by atomic mass is 9.96. The quantitative estimate of drug-likeness (QED) is 0.807. The van der Waals surface area contributed by atoms with Crippen LogP contribution >= 0.6 is 0 Å². The first-order valence-electron chi connectivity index (χ1n) is 8.24. The summed E-state index contributed by atoms with van der Waals surface area (Å²) in [6.07, 6.45) is 0.0498. The van der Waals surface area contributed by atoms with Gasteiger partial charge < -0.3 is 15.4 Å². The molecule has 2 rings (SSSR count). The summed E-state index contributed by atoms with van der Waals surface area (Å²) in [6, 6.07) is 7.75. The van der Waals surface area contributed by atoms with Gasteiger partial charge in [0.25, 0.3) is 5.91 Å². The largest absolute Gasteiger partial charge is 0.452 e. The van der Waals surface area contributed by atoms with E-state index >= 15 is 0 Å². The van der Waals surface area contributed by atoms with E-state index in [0.717, 1.165) is 17.7 Å². The average molecular weight is 332 g/mol. The number of nitrogens with zero attached hydrogens (tertiary/aromatic N) is 1. The monoisotopic (exact) mass is 332 g/mol. The normalized spacial score (nSPS) is 19.9. The Hall–Kier alpha value is -2.37. The lowest BCUT2D eigenvalue weighted by Crippen LogP contribution is -2.33. The van der Waals surface area contributed by atoms with Crippen LogP contribution in [0.2, 0.25) is 0 Å². The third-order valence-electron chi connectivity index (χ3n) is 4.52. The fourth-order valence-corrected chi connectivity index (χ4v) is 2.80. The SMILES string of the molecule is CC[C@H](C)c1ccccc1N1C[C@@H](C(=O)O[C@@H](C)C(N)=O)CC1=O. The standard InChI is InChI=1S/C18H24N2O4/c1-4-11(2)14-7-5-6-8-15(14)20-10-13(9-16(20)21)18(23)24-12(3)17(19)22/h5-8,11-13H,4,9-10H2,1-3H3,(H2,19,22)/t11-,12-,13-/m0/s1. The molecular weight excluding hydrogens is 308 g/mol. The van der Waals surface area contributed by atoms with Crippen LogP contribution in [0.1, 0.15) is 45.1 Å². The Labute approximate surface area is 142 Å². The number of hydrogen-bond donors (Lipinski definition) is 1. The van der Waals surface area contributed by atoms with Crippen molar-refractivity contribution in [2.45, 2.75) is 45.6 Å². The molecule has 1 fully saturated rings. The fourth-order valence-electron chi connectivity index (χ4n) is 2.80. The van der Waals surface area contributed by atoms with E-state index in [-0.39, 0.29) is 18.9 Å². The Balaban J connectivity index is 2.16. The Morgan fingerprint density at radius 2 is 2.00 bits per heavy atom. The second kappa shape index (κ2) is 7.47. The molecule has 0 aromatic heterocycles. The van der Waals surface area contributed by atoms with E-state index in [1.807, 2.05) is 24.3 Å². The molecule has 0 radical (unpaired) electrons. The molecule has 1 aromatic rings. The first kappa shape index (κ1) is 18.0. The third kappa shape index (κ3) is 3.75. The number of esters is 1. The molecule has 0 saturated carbocycles. The summed E-state index contributed by atoms with van der Waals surface area (Å²) in [5.74, 6) is -1.64. The first-order chi connectivity index (χ1) is 11.3. The van der Waals surface area contributed by atoms with E-state index in [0.29, 0.717) is 5.92 Å². The first-order valence-corrected chi connectivity index (χ1v) is 8.24. The number of nitrogens with two attached hydrogens (primary N) is 1. The number of hydrogen-bond acceptors (Lipinski definition) is 4. The lowest BCUT2D eigenvalue weighted by molar-refractivity contribution is -0.157.